The average molecular weight is 513 g/mol. The van der Waals surface area contributed by atoms with Gasteiger partial charge in [-0.3, -0.25) is 9.59 Å². The Balaban J connectivity index is 1.22. The lowest BCUT2D eigenvalue weighted by Gasteiger charge is -2.47. The monoisotopic (exact) mass is 512 g/mol. The number of unbranched alkanes of at least 4 members (excludes halogenated alkanes) is 1. The molecule has 2 fully saturated rings. The average Bonchev–Trinajstić information content (AvgIpc) is 2.89. The van der Waals surface area contributed by atoms with Crippen LogP contribution in [0.15, 0.2) is 27.4 Å². The molecule has 1 aromatic heterocycles. The molecule has 0 spiro atoms. The third-order valence-electron chi connectivity index (χ3n) is 8.03. The van der Waals surface area contributed by atoms with Gasteiger partial charge in [0.2, 0.25) is 5.91 Å². The van der Waals surface area contributed by atoms with Crippen molar-refractivity contribution in [2.45, 2.75) is 83.7 Å². The number of piperidine rings is 1. The minimum absolute atomic E-state index is 0.0877. The fraction of sp³-hybridized carbons (Fsp3) is 0.621. The van der Waals surface area contributed by atoms with Gasteiger partial charge in [-0.25, -0.2) is 4.79 Å². The van der Waals surface area contributed by atoms with Crippen molar-refractivity contribution >= 4 is 22.8 Å². The third kappa shape index (κ3) is 6.53. The highest BCUT2D eigenvalue weighted by Gasteiger charge is 2.43. The normalized spacial score (nSPS) is 21.5. The van der Waals surface area contributed by atoms with Gasteiger partial charge in [-0.15, -0.1) is 0 Å². The summed E-state index contributed by atoms with van der Waals surface area (Å²) in [6.45, 7) is 5.41. The number of rotatable bonds is 10. The summed E-state index contributed by atoms with van der Waals surface area (Å²) in [5.74, 6) is 0.506. The van der Waals surface area contributed by atoms with Crippen LogP contribution in [-0.4, -0.2) is 53.7 Å². The molecule has 2 aliphatic rings. The fourth-order valence-corrected chi connectivity index (χ4v) is 5.76. The van der Waals surface area contributed by atoms with Gasteiger partial charge in [-0.1, -0.05) is 26.2 Å². The Morgan fingerprint density at radius 1 is 1.24 bits per heavy atom. The number of aliphatic hydroxyl groups is 1. The third-order valence-corrected chi connectivity index (χ3v) is 8.03. The number of carbonyl (C=O) groups excluding carboxylic acids is 2. The number of ether oxygens (including phenoxy) is 1. The summed E-state index contributed by atoms with van der Waals surface area (Å²) in [6.07, 6.45) is 8.44. The van der Waals surface area contributed by atoms with E-state index in [9.17, 15) is 19.5 Å². The zero-order valence-electron chi connectivity index (χ0n) is 22.1. The van der Waals surface area contributed by atoms with E-state index in [-0.39, 0.29) is 30.0 Å². The van der Waals surface area contributed by atoms with Gasteiger partial charge in [0, 0.05) is 49.0 Å². The van der Waals surface area contributed by atoms with Gasteiger partial charge in [0.25, 0.3) is 5.91 Å². The van der Waals surface area contributed by atoms with Gasteiger partial charge in [-0.05, 0) is 63.1 Å². The summed E-state index contributed by atoms with van der Waals surface area (Å²) in [4.78, 5) is 38.9. The maximum Gasteiger partial charge on any atom is 0.336 e. The number of fused-ring (bicyclic) bond motifs is 2. The number of nitrogens with zero attached hydrogens (tertiary/aromatic N) is 1. The second-order valence-electron chi connectivity index (χ2n) is 10.6. The highest BCUT2D eigenvalue weighted by atomic mass is 16.5. The van der Waals surface area contributed by atoms with Gasteiger partial charge in [0.15, 0.2) is 6.61 Å². The molecule has 2 amide bonds. The van der Waals surface area contributed by atoms with Crippen LogP contribution in [0, 0.1) is 12.8 Å². The molecule has 0 bridgehead atoms. The standard InChI is InChI=1S/C29H40N2O6/c1-3-4-8-21-17-27(34)37-28-20(2)24(12-11-23(21)28)36-19-25(32)30-15-7-10-26(33)31-16-14-29(35)13-6-5-9-22(29)18-31/h11-12,17,22,35H,3-10,13-16,18-19H2,1-2H3,(H,30,32)/t22-,29-/m0/s1. The molecule has 2 N–H and O–H groups in total. The van der Waals surface area contributed by atoms with E-state index in [0.29, 0.717) is 55.8 Å². The molecule has 2 aromatic rings. The van der Waals surface area contributed by atoms with E-state index in [4.69, 9.17) is 9.15 Å². The molecular weight excluding hydrogens is 472 g/mol. The highest BCUT2D eigenvalue weighted by Crippen LogP contribution is 2.39. The second kappa shape index (κ2) is 12.1. The summed E-state index contributed by atoms with van der Waals surface area (Å²) < 4.78 is 11.2. The van der Waals surface area contributed by atoms with E-state index in [0.717, 1.165) is 55.9 Å². The van der Waals surface area contributed by atoms with Crippen molar-refractivity contribution in [3.63, 3.8) is 0 Å². The number of nitrogens with one attached hydrogen (secondary N) is 1. The summed E-state index contributed by atoms with van der Waals surface area (Å²) in [7, 11) is 0. The molecule has 0 unspecified atom stereocenters. The largest absolute Gasteiger partial charge is 0.483 e. The summed E-state index contributed by atoms with van der Waals surface area (Å²) in [6, 6.07) is 5.24. The quantitative estimate of drug-likeness (QED) is 0.370. The number of carbonyl (C=O) groups is 2. The van der Waals surface area contributed by atoms with Crippen LogP contribution in [0.2, 0.25) is 0 Å². The van der Waals surface area contributed by atoms with E-state index in [2.05, 4.69) is 12.2 Å². The minimum Gasteiger partial charge on any atom is -0.483 e. The summed E-state index contributed by atoms with van der Waals surface area (Å²) in [5, 5.41) is 14.5. The highest BCUT2D eigenvalue weighted by molar-refractivity contribution is 5.85. The molecule has 1 aromatic carbocycles. The molecule has 8 nitrogen and oxygen atoms in total. The van der Waals surface area contributed by atoms with Gasteiger partial charge < -0.3 is 24.5 Å². The molecule has 202 valence electrons. The zero-order valence-corrected chi connectivity index (χ0v) is 22.1. The molecule has 2 heterocycles. The Morgan fingerprint density at radius 3 is 2.89 bits per heavy atom. The van der Waals surface area contributed by atoms with Crippen molar-refractivity contribution in [2.75, 3.05) is 26.2 Å². The molecule has 2 atom stereocenters. The lowest BCUT2D eigenvalue weighted by molar-refractivity contribution is -0.143. The minimum atomic E-state index is -0.588. The maximum atomic E-state index is 12.7. The Bertz CT molecular complexity index is 1170. The van der Waals surface area contributed by atoms with Crippen LogP contribution in [0.25, 0.3) is 11.0 Å². The van der Waals surface area contributed by atoms with Crippen molar-refractivity contribution in [1.29, 1.82) is 0 Å². The first-order valence-corrected chi connectivity index (χ1v) is 13.8. The van der Waals surface area contributed by atoms with Crippen LogP contribution in [0.4, 0.5) is 0 Å². The van der Waals surface area contributed by atoms with Crippen LogP contribution in [0.1, 0.15) is 75.8 Å². The predicted octanol–water partition coefficient (Wildman–Crippen LogP) is 3.87. The Morgan fingerprint density at radius 2 is 2.08 bits per heavy atom. The number of benzene rings is 1. The molecule has 0 radical (unpaired) electrons. The van der Waals surface area contributed by atoms with Crippen molar-refractivity contribution in [1.82, 2.24) is 10.2 Å². The van der Waals surface area contributed by atoms with E-state index in [1.54, 1.807) is 6.07 Å². The fourth-order valence-electron chi connectivity index (χ4n) is 5.76. The van der Waals surface area contributed by atoms with E-state index in [1.807, 2.05) is 24.0 Å². The van der Waals surface area contributed by atoms with Crippen molar-refractivity contribution in [3.8, 4) is 5.75 Å². The lowest BCUT2D eigenvalue weighted by Crippen LogP contribution is -2.54. The second-order valence-corrected chi connectivity index (χ2v) is 10.6. The molecule has 1 aliphatic carbocycles. The number of amides is 2. The SMILES string of the molecule is CCCCc1cc(=O)oc2c(C)c(OCC(=O)NCCCC(=O)N3CC[C@@]4(O)CCCC[C@H]4C3)ccc12. The first-order valence-electron chi connectivity index (χ1n) is 13.8. The molecular formula is C29H40N2O6. The van der Waals surface area contributed by atoms with Gasteiger partial charge >= 0.3 is 5.63 Å². The number of hydrogen-bond acceptors (Lipinski definition) is 6. The van der Waals surface area contributed by atoms with Gasteiger partial charge in [0.1, 0.15) is 11.3 Å². The zero-order chi connectivity index (χ0) is 26.4. The van der Waals surface area contributed by atoms with Crippen LogP contribution < -0.4 is 15.7 Å². The smallest absolute Gasteiger partial charge is 0.336 e. The topological polar surface area (TPSA) is 109 Å². The lowest BCUT2D eigenvalue weighted by atomic mass is 9.71. The molecule has 1 aliphatic heterocycles. The van der Waals surface area contributed by atoms with E-state index in [1.165, 1.54) is 0 Å². The van der Waals surface area contributed by atoms with Gasteiger partial charge in [-0.2, -0.15) is 0 Å². The molecule has 37 heavy (non-hydrogen) atoms. The number of likely N-dealkylation sites (tertiary alicyclic amines) is 1. The van der Waals surface area contributed by atoms with Crippen molar-refractivity contribution < 1.29 is 23.8 Å². The van der Waals surface area contributed by atoms with Crippen LogP contribution >= 0.6 is 0 Å². The predicted molar refractivity (Wildman–Crippen MR) is 142 cm³/mol. The van der Waals surface area contributed by atoms with Crippen LogP contribution in [0.5, 0.6) is 5.75 Å². The van der Waals surface area contributed by atoms with Crippen LogP contribution in [-0.2, 0) is 16.0 Å². The Kier molecular flexibility index (Phi) is 8.90. The van der Waals surface area contributed by atoms with Crippen LogP contribution in [0.3, 0.4) is 0 Å². The van der Waals surface area contributed by atoms with Crippen molar-refractivity contribution in [3.05, 3.63) is 39.7 Å². The van der Waals surface area contributed by atoms with Crippen molar-refractivity contribution in [2.24, 2.45) is 5.92 Å². The first-order chi connectivity index (χ1) is 17.8. The molecule has 1 saturated carbocycles. The molecule has 8 heteroatoms. The van der Waals surface area contributed by atoms with E-state index < -0.39 is 5.60 Å². The summed E-state index contributed by atoms with van der Waals surface area (Å²) in [5.41, 5.74) is 1.19. The Labute approximate surface area is 218 Å². The van der Waals surface area contributed by atoms with Gasteiger partial charge in [0.05, 0.1) is 5.60 Å². The first kappa shape index (κ1) is 27.2. The Hall–Kier alpha value is -2.87. The number of hydrogen-bond donors (Lipinski definition) is 2. The maximum absolute atomic E-state index is 12.7. The van der Waals surface area contributed by atoms with E-state index >= 15 is 0 Å². The summed E-state index contributed by atoms with van der Waals surface area (Å²) >= 11 is 0. The molecule has 4 rings (SSSR count). The molecule has 1 saturated heterocycles. The number of aryl methyl sites for hydroxylation is 2.